The number of carbonyl (C=O) groups is 3. The molecule has 8 nitrogen and oxygen atoms in total. The normalized spacial score (nSPS) is 21.9. The third-order valence-corrected chi connectivity index (χ3v) is 5.98. The van der Waals surface area contributed by atoms with Crippen LogP contribution >= 0.6 is 22.9 Å². The molecule has 4 rings (SSSR count). The second-order valence-corrected chi connectivity index (χ2v) is 8.38. The van der Waals surface area contributed by atoms with Gasteiger partial charge in [0.15, 0.2) is 6.10 Å². The first-order valence-corrected chi connectivity index (χ1v) is 10.3. The van der Waals surface area contributed by atoms with Crippen LogP contribution in [0.1, 0.15) is 9.67 Å². The molecule has 1 aromatic carbocycles. The number of amides is 3. The number of carbonyl (C=O) groups excluding carboxylic acids is 3. The number of ether oxygens (including phenoxy) is 2. The molecule has 0 bridgehead atoms. The van der Waals surface area contributed by atoms with Crippen LogP contribution in [0, 0.1) is 0 Å². The van der Waals surface area contributed by atoms with Crippen LogP contribution in [0.4, 0.5) is 16.2 Å². The third-order valence-electron chi connectivity index (χ3n) is 4.75. The number of nitrogens with zero attached hydrogens (tertiary/aromatic N) is 1. The first-order chi connectivity index (χ1) is 14.0. The fourth-order valence-corrected chi connectivity index (χ4v) is 4.25. The number of benzene rings is 1. The largest absolute Gasteiger partial charge is 0.520 e. The molecule has 2 aliphatic rings. The minimum absolute atomic E-state index is 0.0799. The number of hydrogen-bond acceptors (Lipinski definition) is 6. The standard InChI is InChI=1S/C19H18ClN3O5S/c20-16-6-5-15(29-16)18(25)21-9-14-10-23(19(26)28-14)13-3-1-12(2-4-13)22-7-8-27-11-17(22)24/h1-6,14H,7-11H2,(H,21,25)/p+1/t14-/m0/s1. The Hall–Kier alpha value is -2.46. The first kappa shape index (κ1) is 19.8. The number of nitrogens with one attached hydrogen (secondary N) is 2. The van der Waals surface area contributed by atoms with Gasteiger partial charge in [0.25, 0.3) is 11.8 Å². The van der Waals surface area contributed by atoms with Crippen molar-refractivity contribution in [2.45, 2.75) is 6.10 Å². The molecule has 1 aromatic heterocycles. The number of halogens is 1. The summed E-state index contributed by atoms with van der Waals surface area (Å²) >= 11 is 7.04. The van der Waals surface area contributed by atoms with Crippen LogP contribution in [0.15, 0.2) is 36.4 Å². The Labute approximate surface area is 175 Å². The molecule has 2 atom stereocenters. The van der Waals surface area contributed by atoms with E-state index in [1.165, 1.54) is 11.3 Å². The summed E-state index contributed by atoms with van der Waals surface area (Å²) in [5.74, 6) is -0.328. The highest BCUT2D eigenvalue weighted by Gasteiger charge is 2.38. The van der Waals surface area contributed by atoms with Crippen molar-refractivity contribution in [1.29, 1.82) is 0 Å². The Morgan fingerprint density at radius 1 is 1.24 bits per heavy atom. The van der Waals surface area contributed by atoms with Gasteiger partial charge >= 0.3 is 6.09 Å². The van der Waals surface area contributed by atoms with E-state index in [2.05, 4.69) is 5.32 Å². The molecule has 152 valence electrons. The highest BCUT2D eigenvalue weighted by molar-refractivity contribution is 7.17. The number of hydrogen-bond donors (Lipinski definition) is 2. The summed E-state index contributed by atoms with van der Waals surface area (Å²) in [7, 11) is 0. The molecule has 0 spiro atoms. The van der Waals surface area contributed by atoms with E-state index in [9.17, 15) is 14.4 Å². The van der Waals surface area contributed by atoms with Crippen molar-refractivity contribution in [3.8, 4) is 0 Å². The Morgan fingerprint density at radius 3 is 2.72 bits per heavy atom. The molecule has 2 N–H and O–H groups in total. The van der Waals surface area contributed by atoms with Crippen LogP contribution in [-0.2, 0) is 14.3 Å². The van der Waals surface area contributed by atoms with Gasteiger partial charge in [0, 0.05) is 24.4 Å². The van der Waals surface area contributed by atoms with Crippen LogP contribution in [0.2, 0.25) is 4.34 Å². The Kier molecular flexibility index (Phi) is 5.81. The van der Waals surface area contributed by atoms with Crippen LogP contribution in [0.25, 0.3) is 0 Å². The molecule has 10 heteroatoms. The van der Waals surface area contributed by atoms with Crippen molar-refractivity contribution >= 4 is 52.2 Å². The summed E-state index contributed by atoms with van der Waals surface area (Å²) in [6, 6.07) is 10.6. The van der Waals surface area contributed by atoms with Gasteiger partial charge in [0.1, 0.15) is 18.8 Å². The van der Waals surface area contributed by atoms with E-state index in [1.54, 1.807) is 17.0 Å². The Bertz CT molecular complexity index is 932. The predicted molar refractivity (Wildman–Crippen MR) is 107 cm³/mol. The summed E-state index contributed by atoms with van der Waals surface area (Å²) in [5, 5.41) is 2.77. The third kappa shape index (κ3) is 4.43. The number of rotatable bonds is 5. The lowest BCUT2D eigenvalue weighted by Crippen LogP contribution is -3.08. The molecular weight excluding hydrogens is 418 g/mol. The smallest absolute Gasteiger partial charge is 0.409 e. The molecule has 29 heavy (non-hydrogen) atoms. The van der Waals surface area contributed by atoms with Gasteiger partial charge in [-0.1, -0.05) is 11.6 Å². The molecule has 2 saturated heterocycles. The number of morpholine rings is 1. The van der Waals surface area contributed by atoms with Crippen LogP contribution in [-0.4, -0.2) is 56.9 Å². The second kappa shape index (κ2) is 8.50. The summed E-state index contributed by atoms with van der Waals surface area (Å²) in [4.78, 5) is 39.1. The van der Waals surface area contributed by atoms with Gasteiger partial charge in [-0.3, -0.25) is 9.59 Å². The van der Waals surface area contributed by atoms with E-state index in [-0.39, 0.29) is 25.0 Å². The van der Waals surface area contributed by atoms with Crippen molar-refractivity contribution < 1.29 is 28.8 Å². The summed E-state index contributed by atoms with van der Waals surface area (Å²) in [5.41, 5.74) is 1.52. The SMILES string of the molecule is O=C(NC[C@H]1C[NH+](c2ccc(N3CCOCC3=O)cc2)C(=O)O1)c1ccc(Cl)s1. The fraction of sp³-hybridized carbons (Fsp3) is 0.316. The van der Waals surface area contributed by atoms with Gasteiger partial charge in [-0.15, -0.1) is 11.3 Å². The molecule has 1 unspecified atom stereocenters. The van der Waals surface area contributed by atoms with Crippen LogP contribution < -0.4 is 15.1 Å². The topological polar surface area (TPSA) is 89.4 Å². The zero-order chi connectivity index (χ0) is 20.4. The molecule has 2 aromatic rings. The zero-order valence-electron chi connectivity index (χ0n) is 15.4. The van der Waals surface area contributed by atoms with Gasteiger partial charge in [-0.2, -0.15) is 9.69 Å². The van der Waals surface area contributed by atoms with Crippen LogP contribution in [0.3, 0.4) is 0 Å². The molecule has 3 amide bonds. The molecular formula is C19H19ClN3O5S+. The lowest BCUT2D eigenvalue weighted by atomic mass is 10.2. The maximum atomic E-state index is 12.3. The van der Waals surface area contributed by atoms with Gasteiger partial charge in [-0.05, 0) is 24.3 Å². The second-order valence-electron chi connectivity index (χ2n) is 6.67. The fourth-order valence-electron chi connectivity index (χ4n) is 3.29. The number of thiophene rings is 1. The van der Waals surface area contributed by atoms with Gasteiger partial charge in [0.05, 0.1) is 22.4 Å². The predicted octanol–water partition coefficient (Wildman–Crippen LogP) is 1.23. The average molecular weight is 437 g/mol. The van der Waals surface area contributed by atoms with Crippen molar-refractivity contribution in [2.75, 3.05) is 37.7 Å². The summed E-state index contributed by atoms with van der Waals surface area (Å²) in [6.45, 7) is 1.72. The molecule has 0 aliphatic carbocycles. The van der Waals surface area contributed by atoms with Crippen molar-refractivity contribution in [2.24, 2.45) is 0 Å². The number of anilines is 1. The van der Waals surface area contributed by atoms with E-state index in [0.29, 0.717) is 33.8 Å². The minimum Gasteiger partial charge on any atom is -0.409 e. The van der Waals surface area contributed by atoms with Crippen LogP contribution in [0.5, 0.6) is 0 Å². The minimum atomic E-state index is -0.419. The van der Waals surface area contributed by atoms with Crippen molar-refractivity contribution in [1.82, 2.24) is 5.32 Å². The van der Waals surface area contributed by atoms with Gasteiger partial charge in [-0.25, -0.2) is 0 Å². The molecule has 0 radical (unpaired) electrons. The van der Waals surface area contributed by atoms with E-state index >= 15 is 0 Å². The van der Waals surface area contributed by atoms with Gasteiger partial charge in [0.2, 0.25) is 0 Å². The quantitative estimate of drug-likeness (QED) is 0.736. The molecule has 0 saturated carbocycles. The molecule has 2 aliphatic heterocycles. The monoisotopic (exact) mass is 436 g/mol. The first-order valence-electron chi connectivity index (χ1n) is 9.10. The van der Waals surface area contributed by atoms with E-state index in [0.717, 1.165) is 11.4 Å². The van der Waals surface area contributed by atoms with E-state index in [4.69, 9.17) is 21.1 Å². The maximum absolute atomic E-state index is 12.3. The van der Waals surface area contributed by atoms with Crippen molar-refractivity contribution in [3.63, 3.8) is 0 Å². The Morgan fingerprint density at radius 2 is 2.03 bits per heavy atom. The summed E-state index contributed by atoms with van der Waals surface area (Å²) < 4.78 is 11.1. The highest BCUT2D eigenvalue weighted by Crippen LogP contribution is 2.21. The number of cyclic esters (lactones) is 1. The zero-order valence-corrected chi connectivity index (χ0v) is 16.9. The number of alkyl carbamates (subject to hydrolysis) is 1. The average Bonchev–Trinajstić information content (AvgIpc) is 3.32. The van der Waals surface area contributed by atoms with Crippen molar-refractivity contribution in [3.05, 3.63) is 45.6 Å². The number of quaternary nitrogens is 1. The highest BCUT2D eigenvalue weighted by atomic mass is 35.5. The van der Waals surface area contributed by atoms with E-state index < -0.39 is 12.2 Å². The lowest BCUT2D eigenvalue weighted by Gasteiger charge is -2.26. The summed E-state index contributed by atoms with van der Waals surface area (Å²) in [6.07, 6.45) is -0.809. The molecule has 2 fully saturated rings. The van der Waals surface area contributed by atoms with Gasteiger partial charge < -0.3 is 19.7 Å². The lowest BCUT2D eigenvalue weighted by molar-refractivity contribution is -0.734. The van der Waals surface area contributed by atoms with E-state index in [1.807, 2.05) is 24.3 Å². The Balaban J connectivity index is 1.35. The molecule has 3 heterocycles. The maximum Gasteiger partial charge on any atom is 0.520 e.